The Kier molecular flexibility index (Phi) is 4.54. The van der Waals surface area contributed by atoms with Crippen LogP contribution in [0.5, 0.6) is 5.75 Å². The third-order valence-electron chi connectivity index (χ3n) is 3.05. The molecule has 0 aliphatic carbocycles. The molecule has 1 aliphatic heterocycles. The summed E-state index contributed by atoms with van der Waals surface area (Å²) in [4.78, 5) is 28.2. The number of hydrogen-bond acceptors (Lipinski definition) is 5. The minimum Gasteiger partial charge on any atom is -0.488 e. The van der Waals surface area contributed by atoms with Crippen LogP contribution in [0, 0.1) is 0 Å². The SMILES string of the molecule is CC(C)(C)OC(=O)N1CC[C@H](Oc2ccnc(C(=O)O)c2)C1. The van der Waals surface area contributed by atoms with Crippen molar-refractivity contribution in [1.82, 2.24) is 9.88 Å². The van der Waals surface area contributed by atoms with Crippen LogP contribution in [0.2, 0.25) is 0 Å². The molecule has 0 radical (unpaired) electrons. The molecule has 1 fully saturated rings. The third kappa shape index (κ3) is 4.34. The zero-order valence-electron chi connectivity index (χ0n) is 12.9. The Morgan fingerprint density at radius 2 is 2.14 bits per heavy atom. The number of nitrogens with zero attached hydrogens (tertiary/aromatic N) is 2. The molecule has 2 heterocycles. The summed E-state index contributed by atoms with van der Waals surface area (Å²) in [6.45, 7) is 6.42. The summed E-state index contributed by atoms with van der Waals surface area (Å²) in [5.74, 6) is -0.671. The lowest BCUT2D eigenvalue weighted by atomic mass is 10.2. The van der Waals surface area contributed by atoms with E-state index in [1.807, 2.05) is 20.8 Å². The van der Waals surface area contributed by atoms with Gasteiger partial charge in [-0.25, -0.2) is 14.6 Å². The van der Waals surface area contributed by atoms with Gasteiger partial charge in [-0.2, -0.15) is 0 Å². The third-order valence-corrected chi connectivity index (χ3v) is 3.05. The van der Waals surface area contributed by atoms with Gasteiger partial charge >= 0.3 is 12.1 Å². The Morgan fingerprint density at radius 3 is 2.77 bits per heavy atom. The van der Waals surface area contributed by atoms with Gasteiger partial charge in [-0.3, -0.25) is 0 Å². The van der Waals surface area contributed by atoms with E-state index in [1.54, 1.807) is 11.0 Å². The first-order chi connectivity index (χ1) is 10.2. The van der Waals surface area contributed by atoms with Crippen LogP contribution in [0.4, 0.5) is 4.79 Å². The lowest BCUT2D eigenvalue weighted by Gasteiger charge is -2.24. The fourth-order valence-corrected chi connectivity index (χ4v) is 2.11. The Labute approximate surface area is 128 Å². The molecule has 0 saturated carbocycles. The van der Waals surface area contributed by atoms with Gasteiger partial charge in [0.2, 0.25) is 0 Å². The molecule has 1 N–H and O–H groups in total. The van der Waals surface area contributed by atoms with Gasteiger partial charge < -0.3 is 19.5 Å². The Morgan fingerprint density at radius 1 is 1.41 bits per heavy atom. The van der Waals surface area contributed by atoms with Crippen molar-refractivity contribution < 1.29 is 24.2 Å². The van der Waals surface area contributed by atoms with Crippen molar-refractivity contribution in [2.24, 2.45) is 0 Å². The second-order valence-corrected chi connectivity index (χ2v) is 6.14. The van der Waals surface area contributed by atoms with Crippen molar-refractivity contribution in [3.63, 3.8) is 0 Å². The summed E-state index contributed by atoms with van der Waals surface area (Å²) in [6, 6.07) is 2.97. The van der Waals surface area contributed by atoms with Gasteiger partial charge in [0.1, 0.15) is 17.5 Å². The van der Waals surface area contributed by atoms with E-state index in [0.717, 1.165) is 0 Å². The molecule has 1 atom stereocenters. The van der Waals surface area contributed by atoms with Crippen LogP contribution in [0.1, 0.15) is 37.7 Å². The Balaban J connectivity index is 1.92. The molecule has 7 nitrogen and oxygen atoms in total. The number of carbonyl (C=O) groups excluding carboxylic acids is 1. The van der Waals surface area contributed by atoms with Crippen LogP contribution < -0.4 is 4.74 Å². The van der Waals surface area contributed by atoms with Crippen LogP contribution in [0.15, 0.2) is 18.3 Å². The summed E-state index contributed by atoms with van der Waals surface area (Å²) < 4.78 is 11.0. The number of aromatic carboxylic acids is 1. The topological polar surface area (TPSA) is 89.0 Å². The smallest absolute Gasteiger partial charge is 0.410 e. The summed E-state index contributed by atoms with van der Waals surface area (Å²) in [7, 11) is 0. The highest BCUT2D eigenvalue weighted by atomic mass is 16.6. The molecule has 1 aliphatic rings. The molecule has 1 saturated heterocycles. The summed E-state index contributed by atoms with van der Waals surface area (Å²) in [5.41, 5.74) is -0.600. The maximum atomic E-state index is 12.0. The average molecular weight is 308 g/mol. The number of carboxylic acids is 1. The second kappa shape index (κ2) is 6.21. The molecule has 0 aromatic carbocycles. The number of amides is 1. The zero-order valence-corrected chi connectivity index (χ0v) is 12.9. The highest BCUT2D eigenvalue weighted by Gasteiger charge is 2.30. The second-order valence-electron chi connectivity index (χ2n) is 6.14. The first-order valence-corrected chi connectivity index (χ1v) is 7.08. The molecule has 7 heteroatoms. The molecule has 2 rings (SSSR count). The van der Waals surface area contributed by atoms with Gasteiger partial charge in [-0.15, -0.1) is 0 Å². The highest BCUT2D eigenvalue weighted by Crippen LogP contribution is 2.20. The first kappa shape index (κ1) is 16.1. The molecular weight excluding hydrogens is 288 g/mol. The maximum Gasteiger partial charge on any atom is 0.410 e. The predicted octanol–water partition coefficient (Wildman–Crippen LogP) is 2.17. The number of likely N-dealkylation sites (tertiary alicyclic amines) is 1. The maximum absolute atomic E-state index is 12.0. The van der Waals surface area contributed by atoms with Gasteiger partial charge in [0.05, 0.1) is 6.54 Å². The molecule has 1 aromatic heterocycles. The minimum atomic E-state index is -1.10. The van der Waals surface area contributed by atoms with Gasteiger partial charge in [0, 0.05) is 25.2 Å². The van der Waals surface area contributed by atoms with Crippen LogP contribution in [0.25, 0.3) is 0 Å². The number of ether oxygens (including phenoxy) is 2. The molecule has 120 valence electrons. The number of carbonyl (C=O) groups is 2. The Bertz CT molecular complexity index is 567. The highest BCUT2D eigenvalue weighted by molar-refractivity contribution is 5.85. The van der Waals surface area contributed by atoms with E-state index in [1.165, 1.54) is 12.3 Å². The molecular formula is C15H20N2O5. The molecule has 1 aromatic rings. The van der Waals surface area contributed by atoms with Crippen LogP contribution >= 0.6 is 0 Å². The predicted molar refractivity (Wildman–Crippen MR) is 78.0 cm³/mol. The van der Waals surface area contributed by atoms with Crippen molar-refractivity contribution in [3.05, 3.63) is 24.0 Å². The largest absolute Gasteiger partial charge is 0.488 e. The molecule has 0 unspecified atom stereocenters. The van der Waals surface area contributed by atoms with Gasteiger partial charge in [-0.05, 0) is 26.8 Å². The van der Waals surface area contributed by atoms with E-state index in [0.29, 0.717) is 25.3 Å². The van der Waals surface area contributed by atoms with E-state index < -0.39 is 11.6 Å². The molecule has 0 bridgehead atoms. The van der Waals surface area contributed by atoms with Crippen LogP contribution in [0.3, 0.4) is 0 Å². The zero-order chi connectivity index (χ0) is 16.3. The van der Waals surface area contributed by atoms with Crippen molar-refractivity contribution in [2.45, 2.75) is 38.9 Å². The Hall–Kier alpha value is -2.31. The van der Waals surface area contributed by atoms with Crippen molar-refractivity contribution in [3.8, 4) is 5.75 Å². The van der Waals surface area contributed by atoms with Crippen molar-refractivity contribution >= 4 is 12.1 Å². The summed E-state index contributed by atoms with van der Waals surface area (Å²) in [5, 5.41) is 8.91. The van der Waals surface area contributed by atoms with Gasteiger partial charge in [-0.1, -0.05) is 0 Å². The summed E-state index contributed by atoms with van der Waals surface area (Å²) >= 11 is 0. The standard InChI is InChI=1S/C15H20N2O5/c1-15(2,3)22-14(20)17-7-5-11(9-17)21-10-4-6-16-12(8-10)13(18)19/h4,6,8,11H,5,7,9H2,1-3H3,(H,18,19)/t11-/m0/s1. The van der Waals surface area contributed by atoms with Crippen LogP contribution in [-0.4, -0.2) is 51.8 Å². The van der Waals surface area contributed by atoms with E-state index >= 15 is 0 Å². The molecule has 22 heavy (non-hydrogen) atoms. The number of carboxylic acid groups (broad SMARTS) is 1. The normalized spacial score (nSPS) is 18.1. The van der Waals surface area contributed by atoms with E-state index in [2.05, 4.69) is 4.98 Å². The lowest BCUT2D eigenvalue weighted by Crippen LogP contribution is -2.36. The van der Waals surface area contributed by atoms with Crippen LogP contribution in [-0.2, 0) is 4.74 Å². The number of rotatable bonds is 3. The minimum absolute atomic E-state index is 0.0699. The average Bonchev–Trinajstić information content (AvgIpc) is 2.85. The molecule has 1 amide bonds. The lowest BCUT2D eigenvalue weighted by molar-refractivity contribution is 0.0275. The number of hydrogen-bond donors (Lipinski definition) is 1. The summed E-state index contributed by atoms with van der Waals surface area (Å²) in [6.07, 6.45) is 1.51. The first-order valence-electron chi connectivity index (χ1n) is 7.08. The monoisotopic (exact) mass is 308 g/mol. The fourth-order valence-electron chi connectivity index (χ4n) is 2.11. The van der Waals surface area contributed by atoms with Crippen molar-refractivity contribution in [1.29, 1.82) is 0 Å². The van der Waals surface area contributed by atoms with E-state index in [4.69, 9.17) is 14.6 Å². The van der Waals surface area contributed by atoms with Gasteiger partial charge in [0.15, 0.2) is 5.69 Å². The van der Waals surface area contributed by atoms with E-state index in [-0.39, 0.29) is 17.9 Å². The number of aromatic nitrogens is 1. The van der Waals surface area contributed by atoms with E-state index in [9.17, 15) is 9.59 Å². The molecule has 0 spiro atoms. The number of pyridine rings is 1. The quantitative estimate of drug-likeness (QED) is 0.920. The fraction of sp³-hybridized carbons (Fsp3) is 0.533. The van der Waals surface area contributed by atoms with Gasteiger partial charge in [0.25, 0.3) is 0 Å². The van der Waals surface area contributed by atoms with Crippen molar-refractivity contribution in [2.75, 3.05) is 13.1 Å².